The van der Waals surface area contributed by atoms with Crippen molar-refractivity contribution in [3.8, 4) is 11.3 Å². The molecule has 0 saturated carbocycles. The zero-order valence-corrected chi connectivity index (χ0v) is 12.4. The van der Waals surface area contributed by atoms with Gasteiger partial charge in [-0.2, -0.15) is 0 Å². The second-order valence-electron chi connectivity index (χ2n) is 3.91. The molecule has 3 aromatic rings. The molecule has 2 heterocycles. The molecular formula is C13H9Br2N3. The SMILES string of the molecule is Nc1c(-c2cccc(Br)c2)nc2c(Br)cccn12. The van der Waals surface area contributed by atoms with E-state index in [1.807, 2.05) is 47.0 Å². The molecule has 0 aliphatic heterocycles. The van der Waals surface area contributed by atoms with E-state index in [-0.39, 0.29) is 0 Å². The van der Waals surface area contributed by atoms with Gasteiger partial charge < -0.3 is 5.73 Å². The highest BCUT2D eigenvalue weighted by Gasteiger charge is 2.12. The Balaban J connectivity index is 2.30. The fourth-order valence-electron chi connectivity index (χ4n) is 1.90. The fourth-order valence-corrected chi connectivity index (χ4v) is 2.73. The molecular weight excluding hydrogens is 358 g/mol. The van der Waals surface area contributed by atoms with Gasteiger partial charge in [-0.25, -0.2) is 4.98 Å². The summed E-state index contributed by atoms with van der Waals surface area (Å²) in [7, 11) is 0. The Kier molecular flexibility index (Phi) is 2.87. The number of nitrogen functional groups attached to an aromatic ring is 1. The monoisotopic (exact) mass is 365 g/mol. The molecule has 18 heavy (non-hydrogen) atoms. The molecule has 0 spiro atoms. The first-order valence-electron chi connectivity index (χ1n) is 5.35. The van der Waals surface area contributed by atoms with Gasteiger partial charge in [-0.1, -0.05) is 28.1 Å². The molecule has 3 nitrogen and oxygen atoms in total. The van der Waals surface area contributed by atoms with Crippen molar-refractivity contribution in [2.45, 2.75) is 0 Å². The van der Waals surface area contributed by atoms with Crippen molar-refractivity contribution in [1.29, 1.82) is 0 Å². The van der Waals surface area contributed by atoms with Crippen LogP contribution in [0.25, 0.3) is 16.9 Å². The minimum atomic E-state index is 0.643. The Morgan fingerprint density at radius 2 is 1.94 bits per heavy atom. The summed E-state index contributed by atoms with van der Waals surface area (Å²) in [6.07, 6.45) is 1.91. The van der Waals surface area contributed by atoms with Crippen LogP contribution < -0.4 is 5.73 Å². The third-order valence-electron chi connectivity index (χ3n) is 2.74. The summed E-state index contributed by atoms with van der Waals surface area (Å²) >= 11 is 6.94. The molecule has 0 atom stereocenters. The molecule has 0 saturated heterocycles. The van der Waals surface area contributed by atoms with Gasteiger partial charge in [-0.15, -0.1) is 0 Å². The third-order valence-corrected chi connectivity index (χ3v) is 3.85. The first-order chi connectivity index (χ1) is 8.66. The first kappa shape index (κ1) is 11.7. The average molecular weight is 367 g/mol. The molecule has 0 bridgehead atoms. The quantitative estimate of drug-likeness (QED) is 0.704. The summed E-state index contributed by atoms with van der Waals surface area (Å²) in [6.45, 7) is 0. The number of pyridine rings is 1. The molecule has 2 aromatic heterocycles. The van der Waals surface area contributed by atoms with Gasteiger partial charge in [0.1, 0.15) is 11.5 Å². The Hall–Kier alpha value is -1.33. The second-order valence-corrected chi connectivity index (χ2v) is 5.68. The third kappa shape index (κ3) is 1.83. The van der Waals surface area contributed by atoms with Gasteiger partial charge in [0.25, 0.3) is 0 Å². The Bertz CT molecular complexity index is 734. The lowest BCUT2D eigenvalue weighted by Crippen LogP contribution is -1.93. The van der Waals surface area contributed by atoms with Crippen molar-refractivity contribution in [2.24, 2.45) is 0 Å². The van der Waals surface area contributed by atoms with Crippen molar-refractivity contribution in [2.75, 3.05) is 5.73 Å². The smallest absolute Gasteiger partial charge is 0.153 e. The lowest BCUT2D eigenvalue weighted by Gasteiger charge is -2.00. The van der Waals surface area contributed by atoms with Crippen LogP contribution in [-0.4, -0.2) is 9.38 Å². The summed E-state index contributed by atoms with van der Waals surface area (Å²) in [5.41, 5.74) is 8.77. The first-order valence-corrected chi connectivity index (χ1v) is 6.93. The van der Waals surface area contributed by atoms with E-state index < -0.39 is 0 Å². The number of halogens is 2. The number of anilines is 1. The standard InChI is InChI=1S/C13H9Br2N3/c14-9-4-1-3-8(7-9)11-12(16)18-6-2-5-10(15)13(18)17-11/h1-7H,16H2. The lowest BCUT2D eigenvalue weighted by atomic mass is 10.1. The number of aromatic nitrogens is 2. The number of benzene rings is 1. The van der Waals surface area contributed by atoms with Gasteiger partial charge in [0.15, 0.2) is 5.65 Å². The van der Waals surface area contributed by atoms with Crippen molar-refractivity contribution >= 4 is 43.3 Å². The van der Waals surface area contributed by atoms with Crippen molar-refractivity contribution in [3.63, 3.8) is 0 Å². The summed E-state index contributed by atoms with van der Waals surface area (Å²) in [6, 6.07) is 11.8. The number of imidazole rings is 1. The molecule has 0 aliphatic carbocycles. The number of hydrogen-bond donors (Lipinski definition) is 1. The van der Waals surface area contributed by atoms with E-state index in [4.69, 9.17) is 5.73 Å². The molecule has 0 aliphatic rings. The molecule has 0 amide bonds. The van der Waals surface area contributed by atoms with Crippen LogP contribution in [0.3, 0.4) is 0 Å². The van der Waals surface area contributed by atoms with E-state index in [2.05, 4.69) is 36.8 Å². The van der Waals surface area contributed by atoms with E-state index in [0.717, 1.165) is 25.8 Å². The van der Waals surface area contributed by atoms with Crippen LogP contribution in [0, 0.1) is 0 Å². The fraction of sp³-hybridized carbons (Fsp3) is 0. The topological polar surface area (TPSA) is 43.3 Å². The number of nitrogens with zero attached hydrogens (tertiary/aromatic N) is 2. The van der Waals surface area contributed by atoms with Crippen molar-refractivity contribution in [3.05, 3.63) is 51.5 Å². The van der Waals surface area contributed by atoms with Gasteiger partial charge >= 0.3 is 0 Å². The molecule has 5 heteroatoms. The van der Waals surface area contributed by atoms with Crippen LogP contribution in [0.1, 0.15) is 0 Å². The molecule has 0 radical (unpaired) electrons. The van der Waals surface area contributed by atoms with E-state index in [9.17, 15) is 0 Å². The number of nitrogens with two attached hydrogens (primary N) is 1. The number of hydrogen-bond acceptors (Lipinski definition) is 2. The van der Waals surface area contributed by atoms with Gasteiger partial charge in [0.05, 0.1) is 4.47 Å². The highest BCUT2D eigenvalue weighted by molar-refractivity contribution is 9.10. The predicted molar refractivity (Wildman–Crippen MR) is 80.4 cm³/mol. The van der Waals surface area contributed by atoms with E-state index >= 15 is 0 Å². The largest absolute Gasteiger partial charge is 0.383 e. The summed E-state index contributed by atoms with van der Waals surface area (Å²) < 4.78 is 3.81. The van der Waals surface area contributed by atoms with Gasteiger partial charge in [0.2, 0.25) is 0 Å². The number of rotatable bonds is 1. The molecule has 0 fully saturated rings. The molecule has 90 valence electrons. The highest BCUT2D eigenvalue weighted by atomic mass is 79.9. The molecule has 0 unspecified atom stereocenters. The molecule has 3 rings (SSSR count). The normalized spacial score (nSPS) is 11.0. The maximum Gasteiger partial charge on any atom is 0.153 e. The maximum absolute atomic E-state index is 6.15. The van der Waals surface area contributed by atoms with Crippen LogP contribution in [0.2, 0.25) is 0 Å². The summed E-state index contributed by atoms with van der Waals surface area (Å²) in [4.78, 5) is 4.59. The van der Waals surface area contributed by atoms with Crippen molar-refractivity contribution < 1.29 is 0 Å². The highest BCUT2D eigenvalue weighted by Crippen LogP contribution is 2.30. The van der Waals surface area contributed by atoms with E-state index in [0.29, 0.717) is 5.82 Å². The van der Waals surface area contributed by atoms with E-state index in [1.165, 1.54) is 0 Å². The van der Waals surface area contributed by atoms with Crippen LogP contribution in [0.4, 0.5) is 5.82 Å². The predicted octanol–water partition coefficient (Wildman–Crippen LogP) is 4.11. The van der Waals surface area contributed by atoms with Crippen LogP contribution in [0.15, 0.2) is 51.5 Å². The zero-order valence-electron chi connectivity index (χ0n) is 9.27. The van der Waals surface area contributed by atoms with Gasteiger partial charge in [0, 0.05) is 16.2 Å². The average Bonchev–Trinajstić information content (AvgIpc) is 2.69. The Morgan fingerprint density at radius 3 is 2.67 bits per heavy atom. The second kappa shape index (κ2) is 4.40. The Morgan fingerprint density at radius 1 is 1.11 bits per heavy atom. The zero-order chi connectivity index (χ0) is 12.7. The van der Waals surface area contributed by atoms with Crippen LogP contribution in [-0.2, 0) is 0 Å². The maximum atomic E-state index is 6.15. The molecule has 1 aromatic carbocycles. The lowest BCUT2D eigenvalue weighted by molar-refractivity contribution is 1.19. The summed E-state index contributed by atoms with van der Waals surface area (Å²) in [5, 5.41) is 0. The Labute approximate surface area is 121 Å². The van der Waals surface area contributed by atoms with Gasteiger partial charge in [-0.05, 0) is 40.2 Å². The minimum absolute atomic E-state index is 0.643. The minimum Gasteiger partial charge on any atom is -0.383 e. The van der Waals surface area contributed by atoms with E-state index in [1.54, 1.807) is 0 Å². The van der Waals surface area contributed by atoms with Crippen molar-refractivity contribution in [1.82, 2.24) is 9.38 Å². The molecule has 2 N–H and O–H groups in total. The van der Waals surface area contributed by atoms with Crippen LogP contribution >= 0.6 is 31.9 Å². The summed E-state index contributed by atoms with van der Waals surface area (Å²) in [5.74, 6) is 0.643. The van der Waals surface area contributed by atoms with Crippen LogP contribution in [0.5, 0.6) is 0 Å². The van der Waals surface area contributed by atoms with Gasteiger partial charge in [-0.3, -0.25) is 4.40 Å². The number of fused-ring (bicyclic) bond motifs is 1.